The van der Waals surface area contributed by atoms with Crippen LogP contribution in [-0.4, -0.2) is 24.5 Å². The fourth-order valence-electron chi connectivity index (χ4n) is 1.45. The lowest BCUT2D eigenvalue weighted by atomic mass is 10.1. The van der Waals surface area contributed by atoms with Gasteiger partial charge >= 0.3 is 12.1 Å². The summed E-state index contributed by atoms with van der Waals surface area (Å²) in [5, 5.41) is 0. The molecular formula is C11H17F3O3. The molecule has 0 aromatic carbocycles. The van der Waals surface area contributed by atoms with Gasteiger partial charge in [-0.05, 0) is 25.7 Å². The van der Waals surface area contributed by atoms with Gasteiger partial charge in [-0.25, -0.2) is 0 Å². The molecule has 0 rings (SSSR count). The van der Waals surface area contributed by atoms with Gasteiger partial charge in [0.25, 0.3) is 0 Å². The zero-order valence-electron chi connectivity index (χ0n) is 9.76. The van der Waals surface area contributed by atoms with E-state index in [1.165, 1.54) is 6.92 Å². The van der Waals surface area contributed by atoms with Crippen molar-refractivity contribution < 1.29 is 27.5 Å². The van der Waals surface area contributed by atoms with E-state index in [2.05, 4.69) is 0 Å². The van der Waals surface area contributed by atoms with E-state index in [4.69, 9.17) is 4.74 Å². The van der Waals surface area contributed by atoms with Crippen LogP contribution < -0.4 is 0 Å². The molecule has 0 aromatic heterocycles. The summed E-state index contributed by atoms with van der Waals surface area (Å²) >= 11 is 0. The number of rotatable bonds is 8. The summed E-state index contributed by atoms with van der Waals surface area (Å²) in [5.41, 5.74) is 0. The highest BCUT2D eigenvalue weighted by Crippen LogP contribution is 2.23. The van der Waals surface area contributed by atoms with Crippen LogP contribution in [0.15, 0.2) is 0 Å². The molecule has 0 aliphatic carbocycles. The van der Waals surface area contributed by atoms with Gasteiger partial charge in [0.2, 0.25) is 0 Å². The van der Waals surface area contributed by atoms with Crippen LogP contribution in [-0.2, 0) is 14.3 Å². The van der Waals surface area contributed by atoms with Crippen molar-refractivity contribution in [1.29, 1.82) is 0 Å². The number of alkyl halides is 3. The van der Waals surface area contributed by atoms with E-state index >= 15 is 0 Å². The highest BCUT2D eigenvalue weighted by Gasteiger charge is 2.26. The van der Waals surface area contributed by atoms with E-state index < -0.39 is 24.7 Å². The van der Waals surface area contributed by atoms with E-state index in [9.17, 15) is 22.8 Å². The van der Waals surface area contributed by atoms with E-state index in [1.54, 1.807) is 0 Å². The molecule has 17 heavy (non-hydrogen) atoms. The molecule has 3 nitrogen and oxygen atoms in total. The van der Waals surface area contributed by atoms with Crippen LogP contribution in [0.3, 0.4) is 0 Å². The molecule has 0 aliphatic rings. The fourth-order valence-corrected chi connectivity index (χ4v) is 1.45. The first-order valence-electron chi connectivity index (χ1n) is 5.52. The zero-order chi connectivity index (χ0) is 13.3. The summed E-state index contributed by atoms with van der Waals surface area (Å²) in [5.74, 6) is -0.475. The van der Waals surface area contributed by atoms with E-state index in [-0.39, 0.29) is 12.8 Å². The third-order valence-corrected chi connectivity index (χ3v) is 2.18. The van der Waals surface area contributed by atoms with Gasteiger partial charge in [-0.1, -0.05) is 0 Å². The Bertz CT molecular complexity index is 239. The van der Waals surface area contributed by atoms with Gasteiger partial charge in [-0.3, -0.25) is 4.79 Å². The number of carbonyl (C=O) groups is 2. The molecule has 0 amide bonds. The van der Waals surface area contributed by atoms with Crippen LogP contribution >= 0.6 is 0 Å². The smallest absolute Gasteiger partial charge is 0.389 e. The highest BCUT2D eigenvalue weighted by molar-refractivity contribution is 5.66. The lowest BCUT2D eigenvalue weighted by Crippen LogP contribution is -2.17. The second-order valence-corrected chi connectivity index (χ2v) is 3.84. The molecule has 0 aliphatic heterocycles. The quantitative estimate of drug-likeness (QED) is 0.380. The number of hydrogen-bond donors (Lipinski definition) is 0. The molecule has 100 valence electrons. The van der Waals surface area contributed by atoms with Crippen molar-refractivity contribution in [1.82, 2.24) is 0 Å². The molecular weight excluding hydrogens is 237 g/mol. The number of halogens is 3. The minimum atomic E-state index is -4.14. The monoisotopic (exact) mass is 254 g/mol. The van der Waals surface area contributed by atoms with E-state index in [0.29, 0.717) is 25.5 Å². The van der Waals surface area contributed by atoms with Crippen molar-refractivity contribution in [2.75, 3.05) is 0 Å². The number of hydrogen-bond acceptors (Lipinski definition) is 3. The molecule has 1 atom stereocenters. The normalized spacial score (nSPS) is 13.2. The summed E-state index contributed by atoms with van der Waals surface area (Å²) in [4.78, 5) is 20.9. The first kappa shape index (κ1) is 15.9. The molecule has 0 N–H and O–H groups in total. The maximum absolute atomic E-state index is 11.9. The summed E-state index contributed by atoms with van der Waals surface area (Å²) < 4.78 is 40.5. The van der Waals surface area contributed by atoms with Crippen LogP contribution in [0.5, 0.6) is 0 Å². The average molecular weight is 254 g/mol. The van der Waals surface area contributed by atoms with Gasteiger partial charge in [0.1, 0.15) is 12.4 Å². The summed E-state index contributed by atoms with van der Waals surface area (Å²) in [6, 6.07) is 0. The summed E-state index contributed by atoms with van der Waals surface area (Å²) in [6.07, 6.45) is -3.39. The summed E-state index contributed by atoms with van der Waals surface area (Å²) in [7, 11) is 0. The van der Waals surface area contributed by atoms with Crippen LogP contribution in [0.25, 0.3) is 0 Å². The summed E-state index contributed by atoms with van der Waals surface area (Å²) in [6.45, 7) is 1.24. The van der Waals surface area contributed by atoms with Gasteiger partial charge in [0.15, 0.2) is 0 Å². The third kappa shape index (κ3) is 11.2. The molecule has 0 saturated heterocycles. The predicted octanol–water partition coefficient (Wildman–Crippen LogP) is 3.02. The van der Waals surface area contributed by atoms with Crippen molar-refractivity contribution in [3.05, 3.63) is 0 Å². The first-order chi connectivity index (χ1) is 7.85. The molecule has 0 heterocycles. The minimum absolute atomic E-state index is 0.0162. The van der Waals surface area contributed by atoms with Crippen molar-refractivity contribution in [3.8, 4) is 0 Å². The lowest BCUT2D eigenvalue weighted by molar-refractivity contribution is -0.148. The van der Waals surface area contributed by atoms with Crippen molar-refractivity contribution >= 4 is 12.3 Å². The second kappa shape index (κ2) is 8.08. The number of carbonyl (C=O) groups excluding carboxylic acids is 2. The maximum Gasteiger partial charge on any atom is 0.389 e. The van der Waals surface area contributed by atoms with Gasteiger partial charge in [-0.15, -0.1) is 0 Å². The van der Waals surface area contributed by atoms with E-state index in [0.717, 1.165) is 0 Å². The molecule has 0 bridgehead atoms. The van der Waals surface area contributed by atoms with Gasteiger partial charge < -0.3 is 9.53 Å². The number of ether oxygens (including phenoxy) is 1. The van der Waals surface area contributed by atoms with Crippen molar-refractivity contribution in [3.63, 3.8) is 0 Å². The minimum Gasteiger partial charge on any atom is -0.463 e. The Labute approximate surface area is 98.3 Å². The molecule has 1 unspecified atom stereocenters. The number of esters is 1. The molecule has 0 aromatic rings. The Kier molecular flexibility index (Phi) is 7.58. The predicted molar refractivity (Wildman–Crippen MR) is 55.4 cm³/mol. The topological polar surface area (TPSA) is 43.4 Å². The molecule has 6 heteroatoms. The lowest BCUT2D eigenvalue weighted by Gasteiger charge is -2.16. The number of unbranched alkanes of at least 4 members (excludes halogenated alkanes) is 1. The molecule has 0 radical (unpaired) electrons. The Morgan fingerprint density at radius 1 is 1.29 bits per heavy atom. The van der Waals surface area contributed by atoms with Crippen molar-refractivity contribution in [2.24, 2.45) is 0 Å². The Hall–Kier alpha value is -1.07. The maximum atomic E-state index is 11.9. The van der Waals surface area contributed by atoms with E-state index in [1.807, 2.05) is 0 Å². The Morgan fingerprint density at radius 2 is 1.94 bits per heavy atom. The van der Waals surface area contributed by atoms with Gasteiger partial charge in [-0.2, -0.15) is 13.2 Å². The third-order valence-electron chi connectivity index (χ3n) is 2.18. The fraction of sp³-hybridized carbons (Fsp3) is 0.818. The SMILES string of the molecule is CC(=O)OC(CCC=O)CCCCC(F)(F)F. The van der Waals surface area contributed by atoms with Crippen LogP contribution in [0.1, 0.15) is 45.4 Å². The van der Waals surface area contributed by atoms with Gasteiger partial charge in [0.05, 0.1) is 0 Å². The standard InChI is InChI=1S/C11H17F3O3/c1-9(16)17-10(6-4-8-15)5-2-3-7-11(12,13)14/h8,10H,2-7H2,1H3. The Balaban J connectivity index is 3.82. The first-order valence-corrected chi connectivity index (χ1v) is 5.52. The Morgan fingerprint density at radius 3 is 2.41 bits per heavy atom. The molecule has 0 saturated carbocycles. The molecule has 0 fully saturated rings. The van der Waals surface area contributed by atoms with Crippen LogP contribution in [0.2, 0.25) is 0 Å². The largest absolute Gasteiger partial charge is 0.463 e. The second-order valence-electron chi connectivity index (χ2n) is 3.84. The highest BCUT2D eigenvalue weighted by atomic mass is 19.4. The van der Waals surface area contributed by atoms with Crippen LogP contribution in [0.4, 0.5) is 13.2 Å². The zero-order valence-corrected chi connectivity index (χ0v) is 9.76. The average Bonchev–Trinajstić information content (AvgIpc) is 2.18. The van der Waals surface area contributed by atoms with Crippen LogP contribution in [0, 0.1) is 0 Å². The van der Waals surface area contributed by atoms with Gasteiger partial charge in [0, 0.05) is 19.8 Å². The molecule has 0 spiro atoms. The number of aldehydes is 1. The van der Waals surface area contributed by atoms with Crippen molar-refractivity contribution in [2.45, 2.75) is 57.7 Å².